The van der Waals surface area contributed by atoms with Crippen molar-refractivity contribution in [2.24, 2.45) is 11.7 Å². The fourth-order valence-electron chi connectivity index (χ4n) is 2.26. The maximum absolute atomic E-state index is 11.8. The van der Waals surface area contributed by atoms with E-state index in [-0.39, 0.29) is 18.3 Å². The van der Waals surface area contributed by atoms with E-state index < -0.39 is 0 Å². The minimum Gasteiger partial charge on any atom is -0.343 e. The van der Waals surface area contributed by atoms with E-state index in [9.17, 15) is 4.79 Å². The highest BCUT2D eigenvalue weighted by Crippen LogP contribution is 2.26. The zero-order valence-corrected chi connectivity index (χ0v) is 11.3. The van der Waals surface area contributed by atoms with Crippen LogP contribution in [0.25, 0.3) is 0 Å². The Labute approximate surface area is 105 Å². The first-order valence-corrected chi connectivity index (χ1v) is 6.11. The molecule has 0 spiro atoms. The normalized spacial score (nSPS) is 24.7. The fraction of sp³-hybridized carbons (Fsp3) is 0.917. The molecule has 0 radical (unpaired) electrons. The zero-order chi connectivity index (χ0) is 11.3. The monoisotopic (exact) mass is 248 g/mol. The smallest absolute Gasteiger partial charge is 0.222 e. The van der Waals surface area contributed by atoms with Crippen LogP contribution in [0.1, 0.15) is 45.4 Å². The second-order valence-electron chi connectivity index (χ2n) is 4.81. The molecule has 0 atom stereocenters. The molecule has 0 bridgehead atoms. The number of nitrogens with two attached hydrogens (primary N) is 1. The molecule has 1 aliphatic carbocycles. The van der Waals surface area contributed by atoms with Crippen LogP contribution in [0.15, 0.2) is 0 Å². The maximum Gasteiger partial charge on any atom is 0.222 e. The standard InChI is InChI=1S/C12H24N2O.ClH/c1-10-5-7-11(8-6-10)14(2)12(15)4-3-9-13;/h10-11H,3-9,13H2,1-2H3;1H. The van der Waals surface area contributed by atoms with Gasteiger partial charge in [-0.2, -0.15) is 0 Å². The lowest BCUT2D eigenvalue weighted by molar-refractivity contribution is -0.132. The van der Waals surface area contributed by atoms with Crippen molar-refractivity contribution >= 4 is 18.3 Å². The quantitative estimate of drug-likeness (QED) is 0.829. The first kappa shape index (κ1) is 15.7. The molecule has 0 aromatic carbocycles. The number of carbonyl (C=O) groups is 1. The Morgan fingerprint density at radius 3 is 2.38 bits per heavy atom. The summed E-state index contributed by atoms with van der Waals surface area (Å²) < 4.78 is 0. The minimum absolute atomic E-state index is 0. The molecule has 0 aliphatic heterocycles. The zero-order valence-electron chi connectivity index (χ0n) is 10.4. The van der Waals surface area contributed by atoms with Crippen LogP contribution in [0.3, 0.4) is 0 Å². The van der Waals surface area contributed by atoms with Crippen LogP contribution in [0.5, 0.6) is 0 Å². The van der Waals surface area contributed by atoms with E-state index in [1.54, 1.807) is 0 Å². The number of carbonyl (C=O) groups excluding carboxylic acids is 1. The van der Waals surface area contributed by atoms with Gasteiger partial charge in [-0.3, -0.25) is 4.79 Å². The van der Waals surface area contributed by atoms with Crippen LogP contribution in [0, 0.1) is 5.92 Å². The van der Waals surface area contributed by atoms with Gasteiger partial charge in [0.2, 0.25) is 5.91 Å². The van der Waals surface area contributed by atoms with Gasteiger partial charge < -0.3 is 10.6 Å². The first-order chi connectivity index (χ1) is 7.15. The molecule has 1 saturated carbocycles. The van der Waals surface area contributed by atoms with E-state index in [0.29, 0.717) is 19.0 Å². The Hall–Kier alpha value is -0.280. The molecule has 1 aliphatic rings. The van der Waals surface area contributed by atoms with Gasteiger partial charge in [0.25, 0.3) is 0 Å². The van der Waals surface area contributed by atoms with Crippen LogP contribution >= 0.6 is 12.4 Å². The third-order valence-electron chi connectivity index (χ3n) is 3.52. The number of hydrogen-bond donors (Lipinski definition) is 1. The third-order valence-corrected chi connectivity index (χ3v) is 3.52. The van der Waals surface area contributed by atoms with E-state index in [1.807, 2.05) is 11.9 Å². The lowest BCUT2D eigenvalue weighted by Gasteiger charge is -2.33. The number of amides is 1. The molecule has 1 rings (SSSR count). The van der Waals surface area contributed by atoms with Crippen LogP contribution in [0.4, 0.5) is 0 Å². The highest BCUT2D eigenvalue weighted by atomic mass is 35.5. The summed E-state index contributed by atoms with van der Waals surface area (Å²) >= 11 is 0. The molecule has 4 heteroatoms. The topological polar surface area (TPSA) is 46.3 Å². The second kappa shape index (κ2) is 7.91. The third kappa shape index (κ3) is 4.71. The molecule has 1 fully saturated rings. The Kier molecular flexibility index (Phi) is 7.77. The van der Waals surface area contributed by atoms with E-state index >= 15 is 0 Å². The predicted molar refractivity (Wildman–Crippen MR) is 69.7 cm³/mol. The number of rotatable bonds is 4. The summed E-state index contributed by atoms with van der Waals surface area (Å²) in [6.07, 6.45) is 6.29. The molecule has 2 N–H and O–H groups in total. The Balaban J connectivity index is 0.00000225. The van der Waals surface area contributed by atoms with Crippen molar-refractivity contribution in [3.63, 3.8) is 0 Å². The fourth-order valence-corrected chi connectivity index (χ4v) is 2.26. The number of halogens is 1. The van der Waals surface area contributed by atoms with Gasteiger partial charge in [0, 0.05) is 19.5 Å². The van der Waals surface area contributed by atoms with Crippen LogP contribution < -0.4 is 5.73 Å². The number of nitrogens with zero attached hydrogens (tertiary/aromatic N) is 1. The van der Waals surface area contributed by atoms with Gasteiger partial charge in [0.15, 0.2) is 0 Å². The van der Waals surface area contributed by atoms with Crippen molar-refractivity contribution in [3.05, 3.63) is 0 Å². The summed E-state index contributed by atoms with van der Waals surface area (Å²) in [5.41, 5.74) is 5.40. The molecular weight excluding hydrogens is 224 g/mol. The molecular formula is C12H25ClN2O. The average molecular weight is 249 g/mol. The van der Waals surface area contributed by atoms with Crippen molar-refractivity contribution in [2.45, 2.75) is 51.5 Å². The lowest BCUT2D eigenvalue weighted by Crippen LogP contribution is -2.39. The van der Waals surface area contributed by atoms with E-state index in [1.165, 1.54) is 25.7 Å². The van der Waals surface area contributed by atoms with Crippen LogP contribution in [-0.2, 0) is 4.79 Å². The van der Waals surface area contributed by atoms with Gasteiger partial charge in [-0.15, -0.1) is 12.4 Å². The Morgan fingerprint density at radius 1 is 1.31 bits per heavy atom. The molecule has 16 heavy (non-hydrogen) atoms. The van der Waals surface area contributed by atoms with Gasteiger partial charge in [-0.25, -0.2) is 0 Å². The highest BCUT2D eigenvalue weighted by molar-refractivity contribution is 5.85. The van der Waals surface area contributed by atoms with Gasteiger partial charge in [-0.05, 0) is 44.6 Å². The largest absolute Gasteiger partial charge is 0.343 e. The number of hydrogen-bond acceptors (Lipinski definition) is 2. The summed E-state index contributed by atoms with van der Waals surface area (Å²) in [4.78, 5) is 13.7. The van der Waals surface area contributed by atoms with Gasteiger partial charge in [0.1, 0.15) is 0 Å². The van der Waals surface area contributed by atoms with Crippen molar-refractivity contribution < 1.29 is 4.79 Å². The molecule has 0 saturated heterocycles. The van der Waals surface area contributed by atoms with Crippen molar-refractivity contribution in [1.82, 2.24) is 4.90 Å². The molecule has 0 heterocycles. The molecule has 0 aromatic rings. The Bertz CT molecular complexity index is 203. The van der Waals surface area contributed by atoms with Crippen LogP contribution in [0.2, 0.25) is 0 Å². The predicted octanol–water partition coefficient (Wildman–Crippen LogP) is 2.18. The molecule has 96 valence electrons. The summed E-state index contributed by atoms with van der Waals surface area (Å²) in [5, 5.41) is 0. The lowest BCUT2D eigenvalue weighted by atomic mass is 9.86. The molecule has 0 aromatic heterocycles. The highest BCUT2D eigenvalue weighted by Gasteiger charge is 2.24. The van der Waals surface area contributed by atoms with Crippen molar-refractivity contribution in [3.8, 4) is 0 Å². The second-order valence-corrected chi connectivity index (χ2v) is 4.81. The Morgan fingerprint density at radius 2 is 1.88 bits per heavy atom. The van der Waals surface area contributed by atoms with Gasteiger partial charge in [-0.1, -0.05) is 6.92 Å². The van der Waals surface area contributed by atoms with E-state index in [4.69, 9.17) is 5.73 Å². The van der Waals surface area contributed by atoms with Crippen molar-refractivity contribution in [1.29, 1.82) is 0 Å². The molecule has 3 nitrogen and oxygen atoms in total. The molecule has 1 amide bonds. The average Bonchev–Trinajstić information content (AvgIpc) is 2.26. The van der Waals surface area contributed by atoms with Gasteiger partial charge in [0.05, 0.1) is 0 Å². The summed E-state index contributed by atoms with van der Waals surface area (Å²) in [6, 6.07) is 0.478. The summed E-state index contributed by atoms with van der Waals surface area (Å²) in [7, 11) is 1.94. The van der Waals surface area contributed by atoms with Crippen molar-refractivity contribution in [2.75, 3.05) is 13.6 Å². The van der Waals surface area contributed by atoms with E-state index in [0.717, 1.165) is 12.3 Å². The van der Waals surface area contributed by atoms with Crippen LogP contribution in [-0.4, -0.2) is 30.4 Å². The molecule has 0 unspecified atom stereocenters. The SMILES string of the molecule is CC1CCC(N(C)C(=O)CCCN)CC1.Cl. The summed E-state index contributed by atoms with van der Waals surface area (Å²) in [5.74, 6) is 1.11. The first-order valence-electron chi connectivity index (χ1n) is 6.11. The van der Waals surface area contributed by atoms with E-state index in [2.05, 4.69) is 6.92 Å². The minimum atomic E-state index is 0. The maximum atomic E-state index is 11.8. The summed E-state index contributed by atoms with van der Waals surface area (Å²) in [6.45, 7) is 2.91. The van der Waals surface area contributed by atoms with Gasteiger partial charge >= 0.3 is 0 Å².